The molecule has 0 bridgehead atoms. The van der Waals surface area contributed by atoms with Gasteiger partial charge in [0.2, 0.25) is 5.91 Å². The van der Waals surface area contributed by atoms with Gasteiger partial charge in [0.05, 0.1) is 19.8 Å². The number of ether oxygens (including phenoxy) is 2. The summed E-state index contributed by atoms with van der Waals surface area (Å²) in [6.45, 7) is 8.28. The van der Waals surface area contributed by atoms with Crippen molar-refractivity contribution in [2.24, 2.45) is 5.73 Å². The van der Waals surface area contributed by atoms with Crippen LogP contribution in [0, 0.1) is 0 Å². The summed E-state index contributed by atoms with van der Waals surface area (Å²) in [5.41, 5.74) is 8.40. The molecule has 0 aliphatic rings. The number of hydrogen-bond acceptors (Lipinski definition) is 3. The zero-order chi connectivity index (χ0) is 17.8. The predicted octanol–water partition coefficient (Wildman–Crippen LogP) is 4.26. The Kier molecular flexibility index (Phi) is 9.54. The summed E-state index contributed by atoms with van der Waals surface area (Å²) in [7, 11) is 0. The van der Waals surface area contributed by atoms with Crippen LogP contribution < -0.4 is 10.5 Å². The molecule has 0 radical (unpaired) electrons. The van der Waals surface area contributed by atoms with Gasteiger partial charge in [-0.1, -0.05) is 23.3 Å². The van der Waals surface area contributed by atoms with Crippen molar-refractivity contribution >= 4 is 5.91 Å². The Morgan fingerprint density at radius 2 is 1.79 bits per heavy atom. The molecule has 0 atom stereocenters. The van der Waals surface area contributed by atoms with Crippen molar-refractivity contribution in [3.8, 4) is 5.75 Å². The van der Waals surface area contributed by atoms with Gasteiger partial charge in [0.15, 0.2) is 0 Å². The Balaban J connectivity index is 2.09. The fraction of sp³-hybridized carbons (Fsp3) is 0.450. The Bertz CT molecular complexity index is 555. The van der Waals surface area contributed by atoms with E-state index < -0.39 is 5.91 Å². The highest BCUT2D eigenvalue weighted by atomic mass is 16.5. The normalized spacial score (nSPS) is 11.2. The second kappa shape index (κ2) is 11.5. The molecule has 1 aromatic rings. The van der Waals surface area contributed by atoms with E-state index in [4.69, 9.17) is 15.2 Å². The quantitative estimate of drug-likeness (QED) is 0.487. The van der Waals surface area contributed by atoms with Gasteiger partial charge in [-0.3, -0.25) is 4.79 Å². The van der Waals surface area contributed by atoms with Gasteiger partial charge >= 0.3 is 0 Å². The summed E-state index contributed by atoms with van der Waals surface area (Å²) in [6.07, 6.45) is 7.39. The lowest BCUT2D eigenvalue weighted by Gasteiger charge is -2.07. The molecule has 0 spiro atoms. The Hall–Kier alpha value is -2.07. The number of rotatable bonds is 11. The molecular weight excluding hydrogens is 302 g/mol. The first kappa shape index (κ1) is 20.0. The molecule has 0 aromatic heterocycles. The number of carbonyl (C=O) groups excluding carboxylic acids is 1. The molecule has 132 valence electrons. The lowest BCUT2D eigenvalue weighted by molar-refractivity contribution is 0.100. The number of benzene rings is 1. The van der Waals surface area contributed by atoms with E-state index in [0.29, 0.717) is 25.4 Å². The third kappa shape index (κ3) is 9.16. The minimum Gasteiger partial charge on any atom is -0.494 e. The Labute approximate surface area is 145 Å². The molecule has 1 rings (SSSR count). The monoisotopic (exact) mass is 331 g/mol. The van der Waals surface area contributed by atoms with E-state index in [1.807, 2.05) is 0 Å². The molecule has 0 heterocycles. The standard InChI is InChI=1S/C20H29NO3/c1-16(2)6-4-7-17(3)12-15-23-13-5-14-24-19-10-8-18(9-11-19)20(21)22/h6,8-12H,4-5,7,13-15H2,1-3H3,(H2,21,22)/b17-12+. The summed E-state index contributed by atoms with van der Waals surface area (Å²) in [6, 6.07) is 6.83. The fourth-order valence-electron chi connectivity index (χ4n) is 2.04. The fourth-order valence-corrected chi connectivity index (χ4v) is 2.04. The predicted molar refractivity (Wildman–Crippen MR) is 98.3 cm³/mol. The van der Waals surface area contributed by atoms with Gasteiger partial charge in [-0.2, -0.15) is 0 Å². The van der Waals surface area contributed by atoms with E-state index >= 15 is 0 Å². The minimum atomic E-state index is -0.431. The number of nitrogens with two attached hydrogens (primary N) is 1. The first-order valence-corrected chi connectivity index (χ1v) is 8.38. The van der Waals surface area contributed by atoms with Crippen LogP contribution in [-0.2, 0) is 4.74 Å². The van der Waals surface area contributed by atoms with E-state index in [0.717, 1.165) is 25.0 Å². The Morgan fingerprint density at radius 1 is 1.08 bits per heavy atom. The molecule has 4 heteroatoms. The van der Waals surface area contributed by atoms with Crippen molar-refractivity contribution in [3.05, 3.63) is 53.1 Å². The highest BCUT2D eigenvalue weighted by Crippen LogP contribution is 2.12. The summed E-state index contributed by atoms with van der Waals surface area (Å²) >= 11 is 0. The van der Waals surface area contributed by atoms with Gasteiger partial charge in [-0.25, -0.2) is 0 Å². The van der Waals surface area contributed by atoms with Crippen molar-refractivity contribution in [2.75, 3.05) is 19.8 Å². The van der Waals surface area contributed by atoms with Gasteiger partial charge < -0.3 is 15.2 Å². The molecule has 1 amide bonds. The number of amides is 1. The average Bonchev–Trinajstić information content (AvgIpc) is 2.54. The zero-order valence-electron chi connectivity index (χ0n) is 15.0. The summed E-state index contributed by atoms with van der Waals surface area (Å²) < 4.78 is 11.2. The molecule has 0 unspecified atom stereocenters. The van der Waals surface area contributed by atoms with Crippen LogP contribution in [-0.4, -0.2) is 25.7 Å². The number of allylic oxidation sites excluding steroid dienone is 3. The second-order valence-electron chi connectivity index (χ2n) is 6.04. The molecule has 0 aliphatic heterocycles. The Morgan fingerprint density at radius 3 is 2.42 bits per heavy atom. The molecule has 0 saturated carbocycles. The summed E-state index contributed by atoms with van der Waals surface area (Å²) in [5.74, 6) is 0.300. The lowest BCUT2D eigenvalue weighted by Crippen LogP contribution is -2.10. The maximum atomic E-state index is 11.0. The van der Waals surface area contributed by atoms with Crippen molar-refractivity contribution < 1.29 is 14.3 Å². The minimum absolute atomic E-state index is 0.431. The zero-order valence-corrected chi connectivity index (χ0v) is 15.0. The lowest BCUT2D eigenvalue weighted by atomic mass is 10.1. The number of hydrogen-bond donors (Lipinski definition) is 1. The second-order valence-corrected chi connectivity index (χ2v) is 6.04. The van der Waals surface area contributed by atoms with Crippen LogP contribution in [0.1, 0.15) is 50.4 Å². The van der Waals surface area contributed by atoms with Crippen molar-refractivity contribution in [1.82, 2.24) is 0 Å². The summed E-state index contributed by atoms with van der Waals surface area (Å²) in [5, 5.41) is 0. The van der Waals surface area contributed by atoms with Crippen molar-refractivity contribution in [1.29, 1.82) is 0 Å². The average molecular weight is 331 g/mol. The van der Waals surface area contributed by atoms with Gasteiger partial charge in [0, 0.05) is 12.0 Å². The molecular formula is C20H29NO3. The topological polar surface area (TPSA) is 61.6 Å². The third-order valence-corrected chi connectivity index (χ3v) is 3.48. The highest BCUT2D eigenvalue weighted by Gasteiger charge is 2.00. The van der Waals surface area contributed by atoms with Crippen LogP contribution in [0.5, 0.6) is 5.75 Å². The van der Waals surface area contributed by atoms with Gasteiger partial charge in [-0.15, -0.1) is 0 Å². The molecule has 1 aromatic carbocycles. The van der Waals surface area contributed by atoms with Crippen LogP contribution in [0.25, 0.3) is 0 Å². The number of primary amides is 1. The van der Waals surface area contributed by atoms with E-state index in [2.05, 4.69) is 32.9 Å². The first-order chi connectivity index (χ1) is 11.5. The van der Waals surface area contributed by atoms with E-state index in [1.165, 1.54) is 11.1 Å². The summed E-state index contributed by atoms with van der Waals surface area (Å²) in [4.78, 5) is 11.0. The maximum Gasteiger partial charge on any atom is 0.248 e. The third-order valence-electron chi connectivity index (χ3n) is 3.48. The molecule has 0 fully saturated rings. The highest BCUT2D eigenvalue weighted by molar-refractivity contribution is 5.92. The van der Waals surface area contributed by atoms with Crippen LogP contribution >= 0.6 is 0 Å². The van der Waals surface area contributed by atoms with Crippen LogP contribution in [0.3, 0.4) is 0 Å². The molecule has 24 heavy (non-hydrogen) atoms. The number of carbonyl (C=O) groups is 1. The van der Waals surface area contributed by atoms with E-state index in [-0.39, 0.29) is 0 Å². The smallest absolute Gasteiger partial charge is 0.248 e. The van der Waals surface area contributed by atoms with Crippen LogP contribution in [0.4, 0.5) is 0 Å². The van der Waals surface area contributed by atoms with E-state index in [9.17, 15) is 4.79 Å². The van der Waals surface area contributed by atoms with Crippen LogP contribution in [0.15, 0.2) is 47.6 Å². The molecule has 0 aliphatic carbocycles. The largest absolute Gasteiger partial charge is 0.494 e. The van der Waals surface area contributed by atoms with E-state index in [1.54, 1.807) is 24.3 Å². The molecule has 2 N–H and O–H groups in total. The van der Waals surface area contributed by atoms with Crippen molar-refractivity contribution in [3.63, 3.8) is 0 Å². The first-order valence-electron chi connectivity index (χ1n) is 8.38. The van der Waals surface area contributed by atoms with Gasteiger partial charge in [-0.05, 0) is 57.9 Å². The van der Waals surface area contributed by atoms with Gasteiger partial charge in [0.1, 0.15) is 5.75 Å². The molecule has 4 nitrogen and oxygen atoms in total. The molecule has 0 saturated heterocycles. The van der Waals surface area contributed by atoms with Crippen molar-refractivity contribution in [2.45, 2.75) is 40.0 Å². The SMILES string of the molecule is CC(C)=CCC/C(C)=C/COCCCOc1ccc(C(N)=O)cc1. The van der Waals surface area contributed by atoms with Gasteiger partial charge in [0.25, 0.3) is 0 Å². The maximum absolute atomic E-state index is 11.0. The van der Waals surface area contributed by atoms with Crippen LogP contribution in [0.2, 0.25) is 0 Å².